The SMILES string of the molecule is CC(O)(CNC(=O)Nc1ccccc1N)C(=O)O. The highest BCUT2D eigenvalue weighted by Crippen LogP contribution is 2.16. The van der Waals surface area contributed by atoms with E-state index in [1.54, 1.807) is 24.3 Å². The number of carbonyl (C=O) groups is 2. The quantitative estimate of drug-likeness (QED) is 0.491. The fraction of sp³-hybridized carbons (Fsp3) is 0.273. The van der Waals surface area contributed by atoms with E-state index < -0.39 is 24.1 Å². The molecule has 98 valence electrons. The molecule has 7 heteroatoms. The number of aliphatic carboxylic acids is 1. The Labute approximate surface area is 104 Å². The van der Waals surface area contributed by atoms with Crippen molar-refractivity contribution in [1.29, 1.82) is 0 Å². The van der Waals surface area contributed by atoms with Crippen molar-refractivity contribution in [3.05, 3.63) is 24.3 Å². The van der Waals surface area contributed by atoms with Crippen molar-refractivity contribution in [2.45, 2.75) is 12.5 Å². The van der Waals surface area contributed by atoms with Gasteiger partial charge < -0.3 is 26.6 Å². The minimum Gasteiger partial charge on any atom is -0.479 e. The van der Waals surface area contributed by atoms with Crippen molar-refractivity contribution >= 4 is 23.4 Å². The van der Waals surface area contributed by atoms with Crippen LogP contribution < -0.4 is 16.4 Å². The van der Waals surface area contributed by atoms with E-state index in [0.29, 0.717) is 11.4 Å². The van der Waals surface area contributed by atoms with Crippen LogP contribution in [0.2, 0.25) is 0 Å². The van der Waals surface area contributed by atoms with Gasteiger partial charge in [-0.15, -0.1) is 0 Å². The minimum atomic E-state index is -2.01. The van der Waals surface area contributed by atoms with Gasteiger partial charge in [0.25, 0.3) is 0 Å². The van der Waals surface area contributed by atoms with Crippen LogP contribution in [0, 0.1) is 0 Å². The van der Waals surface area contributed by atoms with Gasteiger partial charge in [0.2, 0.25) is 0 Å². The maximum atomic E-state index is 11.5. The Kier molecular flexibility index (Phi) is 4.11. The first-order valence-electron chi connectivity index (χ1n) is 5.18. The van der Waals surface area contributed by atoms with Gasteiger partial charge in [-0.25, -0.2) is 9.59 Å². The average Bonchev–Trinajstić information content (AvgIpc) is 2.29. The number of carbonyl (C=O) groups excluding carboxylic acids is 1. The predicted octanol–water partition coefficient (Wildman–Crippen LogP) is 0.226. The number of amides is 2. The number of hydrogen-bond donors (Lipinski definition) is 5. The molecule has 1 aromatic carbocycles. The molecule has 0 saturated carbocycles. The Bertz CT molecular complexity index is 459. The Morgan fingerprint density at radius 2 is 2.00 bits per heavy atom. The van der Waals surface area contributed by atoms with Crippen LogP contribution in [0.3, 0.4) is 0 Å². The van der Waals surface area contributed by atoms with E-state index in [0.717, 1.165) is 6.92 Å². The summed E-state index contributed by atoms with van der Waals surface area (Å²) in [5, 5.41) is 22.7. The molecule has 0 aliphatic rings. The number of nitrogens with one attached hydrogen (secondary N) is 2. The van der Waals surface area contributed by atoms with Crippen LogP contribution in [-0.2, 0) is 4.79 Å². The van der Waals surface area contributed by atoms with Crippen LogP contribution >= 0.6 is 0 Å². The largest absolute Gasteiger partial charge is 0.479 e. The first kappa shape index (κ1) is 13.8. The van der Waals surface area contributed by atoms with Crippen LogP contribution in [0.25, 0.3) is 0 Å². The molecule has 0 spiro atoms. The zero-order valence-electron chi connectivity index (χ0n) is 9.80. The molecule has 0 radical (unpaired) electrons. The van der Waals surface area contributed by atoms with Crippen LogP contribution in [0.4, 0.5) is 16.2 Å². The average molecular weight is 253 g/mol. The van der Waals surface area contributed by atoms with E-state index in [4.69, 9.17) is 10.8 Å². The van der Waals surface area contributed by atoms with E-state index in [-0.39, 0.29) is 0 Å². The molecule has 18 heavy (non-hydrogen) atoms. The number of urea groups is 1. The molecule has 0 saturated heterocycles. The van der Waals surface area contributed by atoms with Crippen molar-refractivity contribution in [3.8, 4) is 0 Å². The van der Waals surface area contributed by atoms with Crippen molar-refractivity contribution in [3.63, 3.8) is 0 Å². The molecule has 0 heterocycles. The third-order valence-corrected chi connectivity index (χ3v) is 2.26. The summed E-state index contributed by atoms with van der Waals surface area (Å²) in [6, 6.07) is 5.98. The van der Waals surface area contributed by atoms with Gasteiger partial charge in [0.15, 0.2) is 5.60 Å². The smallest absolute Gasteiger partial charge is 0.337 e. The van der Waals surface area contributed by atoms with Gasteiger partial charge in [-0.05, 0) is 19.1 Å². The van der Waals surface area contributed by atoms with Crippen LogP contribution in [0.15, 0.2) is 24.3 Å². The van der Waals surface area contributed by atoms with Gasteiger partial charge >= 0.3 is 12.0 Å². The molecule has 1 rings (SSSR count). The van der Waals surface area contributed by atoms with Crippen molar-refractivity contribution in [2.24, 2.45) is 0 Å². The number of anilines is 2. The third kappa shape index (κ3) is 3.63. The van der Waals surface area contributed by atoms with E-state index in [1.807, 2.05) is 0 Å². The first-order chi connectivity index (χ1) is 8.33. The van der Waals surface area contributed by atoms with Gasteiger partial charge in [-0.3, -0.25) is 0 Å². The van der Waals surface area contributed by atoms with Gasteiger partial charge in [0.1, 0.15) is 0 Å². The highest BCUT2D eigenvalue weighted by atomic mass is 16.4. The second-order valence-electron chi connectivity index (χ2n) is 3.97. The van der Waals surface area contributed by atoms with Crippen molar-refractivity contribution in [1.82, 2.24) is 5.32 Å². The topological polar surface area (TPSA) is 125 Å². The minimum absolute atomic E-state index is 0.387. The number of nitrogens with two attached hydrogens (primary N) is 1. The highest BCUT2D eigenvalue weighted by molar-refractivity contribution is 5.93. The second-order valence-corrected chi connectivity index (χ2v) is 3.97. The zero-order chi connectivity index (χ0) is 13.8. The number of aliphatic hydroxyl groups is 1. The monoisotopic (exact) mass is 253 g/mol. The number of hydrogen-bond acceptors (Lipinski definition) is 4. The Hall–Kier alpha value is -2.28. The summed E-state index contributed by atoms with van der Waals surface area (Å²) in [5.41, 5.74) is 4.39. The van der Waals surface area contributed by atoms with Gasteiger partial charge in [-0.1, -0.05) is 12.1 Å². The Morgan fingerprint density at radius 3 is 2.56 bits per heavy atom. The lowest BCUT2D eigenvalue weighted by Crippen LogP contribution is -2.47. The van der Waals surface area contributed by atoms with Gasteiger partial charge in [0, 0.05) is 0 Å². The number of carboxylic acids is 1. The van der Waals surface area contributed by atoms with E-state index >= 15 is 0 Å². The molecular formula is C11H15N3O4. The molecular weight excluding hydrogens is 238 g/mol. The Balaban J connectivity index is 2.54. The summed E-state index contributed by atoms with van der Waals surface area (Å²) in [6.07, 6.45) is 0. The maximum Gasteiger partial charge on any atom is 0.337 e. The molecule has 0 bridgehead atoms. The van der Waals surface area contributed by atoms with E-state index in [9.17, 15) is 14.7 Å². The van der Waals surface area contributed by atoms with E-state index in [2.05, 4.69) is 10.6 Å². The fourth-order valence-corrected chi connectivity index (χ4v) is 1.11. The lowest BCUT2D eigenvalue weighted by atomic mass is 10.1. The lowest BCUT2D eigenvalue weighted by Gasteiger charge is -2.18. The van der Waals surface area contributed by atoms with Crippen LogP contribution in [0.1, 0.15) is 6.92 Å². The number of carboxylic acid groups (broad SMARTS) is 1. The molecule has 0 aliphatic heterocycles. The summed E-state index contributed by atoms with van der Waals surface area (Å²) in [5.74, 6) is -1.41. The molecule has 0 aliphatic carbocycles. The van der Waals surface area contributed by atoms with Crippen molar-refractivity contribution in [2.75, 3.05) is 17.6 Å². The molecule has 0 aromatic heterocycles. The number of para-hydroxylation sites is 2. The van der Waals surface area contributed by atoms with Crippen LogP contribution in [0.5, 0.6) is 0 Å². The predicted molar refractivity (Wildman–Crippen MR) is 66.1 cm³/mol. The summed E-state index contributed by atoms with van der Waals surface area (Å²) < 4.78 is 0. The first-order valence-corrected chi connectivity index (χ1v) is 5.18. The fourth-order valence-electron chi connectivity index (χ4n) is 1.11. The summed E-state index contributed by atoms with van der Waals surface area (Å²) in [4.78, 5) is 22.1. The standard InChI is InChI=1S/C11H15N3O4/c1-11(18,9(15)16)6-13-10(17)14-8-5-3-2-4-7(8)12/h2-5,18H,6,12H2,1H3,(H,15,16)(H2,13,14,17). The Morgan fingerprint density at radius 1 is 1.39 bits per heavy atom. The maximum absolute atomic E-state index is 11.5. The van der Waals surface area contributed by atoms with Crippen molar-refractivity contribution < 1.29 is 19.8 Å². The van der Waals surface area contributed by atoms with E-state index in [1.165, 1.54) is 0 Å². The summed E-state index contributed by atoms with van der Waals surface area (Å²) in [6.45, 7) is 0.674. The number of nitrogen functional groups attached to an aromatic ring is 1. The van der Waals surface area contributed by atoms with Gasteiger partial charge in [0.05, 0.1) is 17.9 Å². The highest BCUT2D eigenvalue weighted by Gasteiger charge is 2.30. The van der Waals surface area contributed by atoms with Crippen LogP contribution in [-0.4, -0.2) is 34.4 Å². The third-order valence-electron chi connectivity index (χ3n) is 2.26. The zero-order valence-corrected chi connectivity index (χ0v) is 9.80. The summed E-state index contributed by atoms with van der Waals surface area (Å²) in [7, 11) is 0. The second kappa shape index (κ2) is 5.37. The molecule has 7 nitrogen and oxygen atoms in total. The lowest BCUT2D eigenvalue weighted by molar-refractivity contribution is -0.155. The van der Waals surface area contributed by atoms with Gasteiger partial charge in [-0.2, -0.15) is 0 Å². The molecule has 1 atom stereocenters. The molecule has 2 amide bonds. The number of rotatable bonds is 4. The molecule has 0 fully saturated rings. The molecule has 1 aromatic rings. The molecule has 6 N–H and O–H groups in total. The normalized spacial score (nSPS) is 13.4. The summed E-state index contributed by atoms with van der Waals surface area (Å²) >= 11 is 0. The molecule has 1 unspecified atom stereocenters. The number of benzene rings is 1.